The lowest BCUT2D eigenvalue weighted by molar-refractivity contribution is 0.0697. The number of carboxylic acid groups (broad SMARTS) is 1. The van der Waals surface area contributed by atoms with E-state index in [1.54, 1.807) is 41.1 Å². The SMILES string of the molecule is Cn1ncnc1Cn1c(CN2CCC(c3cccc(OCc4ccc(Cl)cc4F)n3)CC2)nc2ccc(C(=O)O)cc21. The number of hydrogen-bond acceptors (Lipinski definition) is 7. The molecule has 3 aromatic heterocycles. The Morgan fingerprint density at radius 3 is 2.64 bits per heavy atom. The van der Waals surface area contributed by atoms with Gasteiger partial charge in [-0.25, -0.2) is 24.1 Å². The fraction of sp³-hybridized carbons (Fsp3) is 0.300. The van der Waals surface area contributed by atoms with Gasteiger partial charge in [0.2, 0.25) is 5.88 Å². The molecule has 10 nitrogen and oxygen atoms in total. The summed E-state index contributed by atoms with van der Waals surface area (Å²) in [6.45, 7) is 2.81. The fourth-order valence-corrected chi connectivity index (χ4v) is 5.48. The van der Waals surface area contributed by atoms with Crippen molar-refractivity contribution in [2.45, 2.75) is 38.5 Å². The number of halogens is 2. The van der Waals surface area contributed by atoms with Gasteiger partial charge in [0.1, 0.15) is 30.4 Å². The van der Waals surface area contributed by atoms with Crippen LogP contribution in [-0.4, -0.2) is 58.4 Å². The van der Waals surface area contributed by atoms with Crippen molar-refractivity contribution in [3.8, 4) is 5.88 Å². The molecule has 1 saturated heterocycles. The minimum atomic E-state index is -0.979. The number of aromatic nitrogens is 6. The van der Waals surface area contributed by atoms with Gasteiger partial charge in [0, 0.05) is 35.3 Å². The van der Waals surface area contributed by atoms with Crippen LogP contribution in [0, 0.1) is 5.82 Å². The van der Waals surface area contributed by atoms with Crippen molar-refractivity contribution in [1.29, 1.82) is 0 Å². The van der Waals surface area contributed by atoms with Gasteiger partial charge in [0.15, 0.2) is 0 Å². The molecule has 0 unspecified atom stereocenters. The molecule has 1 aliphatic rings. The summed E-state index contributed by atoms with van der Waals surface area (Å²) in [5, 5.41) is 14.1. The van der Waals surface area contributed by atoms with Crippen LogP contribution in [0.1, 0.15) is 52.0 Å². The summed E-state index contributed by atoms with van der Waals surface area (Å²) in [5.41, 5.74) is 3.09. The number of fused-ring (bicyclic) bond motifs is 1. The fourth-order valence-electron chi connectivity index (χ4n) is 5.32. The van der Waals surface area contributed by atoms with Crippen LogP contribution in [0.25, 0.3) is 11.0 Å². The van der Waals surface area contributed by atoms with Gasteiger partial charge < -0.3 is 14.4 Å². The van der Waals surface area contributed by atoms with E-state index in [1.807, 2.05) is 23.7 Å². The Kier molecular flexibility index (Phi) is 7.86. The summed E-state index contributed by atoms with van der Waals surface area (Å²) in [4.78, 5) is 28.0. The largest absolute Gasteiger partial charge is 0.478 e. The van der Waals surface area contributed by atoms with Crippen molar-refractivity contribution in [2.75, 3.05) is 13.1 Å². The highest BCUT2D eigenvalue weighted by Gasteiger charge is 2.24. The zero-order chi connectivity index (χ0) is 29.2. The molecule has 1 fully saturated rings. The van der Waals surface area contributed by atoms with E-state index in [9.17, 15) is 14.3 Å². The topological polar surface area (TPSA) is 111 Å². The zero-order valence-electron chi connectivity index (χ0n) is 23.0. The van der Waals surface area contributed by atoms with Crippen LogP contribution in [0.4, 0.5) is 4.39 Å². The van der Waals surface area contributed by atoms with Gasteiger partial charge in [-0.2, -0.15) is 5.10 Å². The number of ether oxygens (including phenoxy) is 1. The first-order valence-electron chi connectivity index (χ1n) is 13.7. The number of piperidine rings is 1. The van der Waals surface area contributed by atoms with Gasteiger partial charge in [-0.3, -0.25) is 9.58 Å². The number of hydrogen-bond donors (Lipinski definition) is 1. The maximum Gasteiger partial charge on any atom is 0.335 e. The van der Waals surface area contributed by atoms with Crippen LogP contribution in [0.15, 0.2) is 60.9 Å². The number of aryl methyl sites for hydroxylation is 1. The number of pyridine rings is 1. The molecule has 1 aliphatic heterocycles. The van der Waals surface area contributed by atoms with E-state index in [2.05, 4.69) is 15.0 Å². The molecule has 5 aromatic rings. The Bertz CT molecular complexity index is 1750. The van der Waals surface area contributed by atoms with Crippen LogP contribution in [0.5, 0.6) is 5.88 Å². The van der Waals surface area contributed by atoms with E-state index in [0.717, 1.165) is 54.3 Å². The number of likely N-dealkylation sites (tertiary alicyclic amines) is 1. The Balaban J connectivity index is 1.14. The van der Waals surface area contributed by atoms with E-state index in [-0.39, 0.29) is 18.1 Å². The second-order valence-corrected chi connectivity index (χ2v) is 10.8. The van der Waals surface area contributed by atoms with Gasteiger partial charge >= 0.3 is 5.97 Å². The molecule has 1 N–H and O–H groups in total. The molecule has 0 radical (unpaired) electrons. The quantitative estimate of drug-likeness (QED) is 0.254. The van der Waals surface area contributed by atoms with Crippen LogP contribution < -0.4 is 4.74 Å². The minimum absolute atomic E-state index is 0.0706. The molecular weight excluding hydrogens is 561 g/mol. The molecule has 0 bridgehead atoms. The first-order chi connectivity index (χ1) is 20.3. The summed E-state index contributed by atoms with van der Waals surface area (Å²) >= 11 is 5.85. The lowest BCUT2D eigenvalue weighted by Gasteiger charge is -2.31. The van der Waals surface area contributed by atoms with E-state index in [4.69, 9.17) is 26.3 Å². The van der Waals surface area contributed by atoms with Gasteiger partial charge in [-0.1, -0.05) is 23.7 Å². The van der Waals surface area contributed by atoms with E-state index < -0.39 is 11.8 Å². The van der Waals surface area contributed by atoms with Crippen molar-refractivity contribution < 1.29 is 19.0 Å². The number of nitrogens with zero attached hydrogens (tertiary/aromatic N) is 7. The maximum atomic E-state index is 14.1. The summed E-state index contributed by atoms with van der Waals surface area (Å²) in [7, 11) is 1.83. The number of aromatic carboxylic acids is 1. The van der Waals surface area contributed by atoms with Crippen LogP contribution in [0.2, 0.25) is 5.02 Å². The van der Waals surface area contributed by atoms with Crippen molar-refractivity contribution in [2.24, 2.45) is 7.05 Å². The van der Waals surface area contributed by atoms with E-state index >= 15 is 0 Å². The summed E-state index contributed by atoms with van der Waals surface area (Å²) in [6.07, 6.45) is 3.33. The molecule has 4 heterocycles. The molecule has 216 valence electrons. The third-order valence-corrected chi connectivity index (χ3v) is 7.92. The normalized spacial score (nSPS) is 14.5. The van der Waals surface area contributed by atoms with Crippen molar-refractivity contribution in [1.82, 2.24) is 34.2 Å². The molecule has 0 aliphatic carbocycles. The van der Waals surface area contributed by atoms with Crippen molar-refractivity contribution >= 4 is 28.6 Å². The average molecular weight is 590 g/mol. The third kappa shape index (κ3) is 5.97. The Morgan fingerprint density at radius 1 is 1.07 bits per heavy atom. The number of imidazole rings is 1. The average Bonchev–Trinajstić information content (AvgIpc) is 3.55. The van der Waals surface area contributed by atoms with Gasteiger partial charge in [0.05, 0.1) is 29.7 Å². The highest BCUT2D eigenvalue weighted by atomic mass is 35.5. The van der Waals surface area contributed by atoms with Crippen LogP contribution in [-0.2, 0) is 26.7 Å². The first kappa shape index (κ1) is 27.8. The van der Waals surface area contributed by atoms with E-state index in [0.29, 0.717) is 29.6 Å². The van der Waals surface area contributed by atoms with E-state index in [1.165, 1.54) is 12.4 Å². The van der Waals surface area contributed by atoms with Gasteiger partial charge in [0.25, 0.3) is 0 Å². The van der Waals surface area contributed by atoms with Gasteiger partial charge in [-0.05, 0) is 62.3 Å². The molecule has 0 amide bonds. The number of rotatable bonds is 9. The maximum absolute atomic E-state index is 14.1. The Labute approximate surface area is 246 Å². The second-order valence-electron chi connectivity index (χ2n) is 10.4. The van der Waals surface area contributed by atoms with Crippen LogP contribution in [0.3, 0.4) is 0 Å². The Morgan fingerprint density at radius 2 is 1.90 bits per heavy atom. The Hall–Kier alpha value is -4.35. The molecule has 0 saturated carbocycles. The number of carboxylic acids is 1. The molecular formula is C30H29ClFN7O3. The number of carbonyl (C=O) groups is 1. The van der Waals surface area contributed by atoms with Crippen LogP contribution >= 0.6 is 11.6 Å². The highest BCUT2D eigenvalue weighted by molar-refractivity contribution is 6.30. The smallest absolute Gasteiger partial charge is 0.335 e. The third-order valence-electron chi connectivity index (χ3n) is 7.69. The number of benzene rings is 2. The molecule has 12 heteroatoms. The summed E-state index contributed by atoms with van der Waals surface area (Å²) in [5.74, 6) is 0.944. The predicted molar refractivity (Wildman–Crippen MR) is 154 cm³/mol. The molecule has 0 spiro atoms. The molecule has 42 heavy (non-hydrogen) atoms. The molecule has 0 atom stereocenters. The summed E-state index contributed by atoms with van der Waals surface area (Å²) < 4.78 is 23.7. The second kappa shape index (κ2) is 11.9. The standard InChI is InChI=1S/C30H29ClFN7O3/c1-37-27(33-18-34-37)16-39-26-13-20(30(40)41)6-8-25(26)35-28(39)15-38-11-9-19(10-12-38)24-3-2-4-29(36-24)42-17-21-5-7-22(31)14-23(21)32/h2-8,13-14,18-19H,9-12,15-17H2,1H3,(H,40,41). The zero-order valence-corrected chi connectivity index (χ0v) is 23.7. The lowest BCUT2D eigenvalue weighted by atomic mass is 9.93. The van der Waals surface area contributed by atoms with Crippen molar-refractivity contribution in [3.05, 3.63) is 100 Å². The monoisotopic (exact) mass is 589 g/mol. The lowest BCUT2D eigenvalue weighted by Crippen LogP contribution is -2.33. The highest BCUT2D eigenvalue weighted by Crippen LogP contribution is 2.29. The van der Waals surface area contributed by atoms with Gasteiger partial charge in [-0.15, -0.1) is 0 Å². The first-order valence-corrected chi connectivity index (χ1v) is 14.0. The summed E-state index contributed by atoms with van der Waals surface area (Å²) in [6, 6.07) is 15.2. The van der Waals surface area contributed by atoms with Crippen molar-refractivity contribution in [3.63, 3.8) is 0 Å². The predicted octanol–water partition coefficient (Wildman–Crippen LogP) is 5.06. The minimum Gasteiger partial charge on any atom is -0.478 e. The molecule has 2 aromatic carbocycles. The molecule has 6 rings (SSSR count).